The van der Waals surface area contributed by atoms with Crippen LogP contribution in [-0.2, 0) is 13.0 Å². The third kappa shape index (κ3) is 3.67. The van der Waals surface area contributed by atoms with Crippen molar-refractivity contribution in [1.82, 2.24) is 15.4 Å². The van der Waals surface area contributed by atoms with Crippen LogP contribution in [0.5, 0.6) is 0 Å². The quantitative estimate of drug-likeness (QED) is 0.680. The molecule has 1 fully saturated rings. The largest absolute Gasteiger partial charge is 0.364 e. The van der Waals surface area contributed by atoms with Crippen LogP contribution in [0.25, 0.3) is 0 Å². The van der Waals surface area contributed by atoms with Gasteiger partial charge >= 0.3 is 0 Å². The van der Waals surface area contributed by atoms with Crippen molar-refractivity contribution in [3.63, 3.8) is 0 Å². The smallest absolute Gasteiger partial charge is 0.193 e. The zero-order valence-corrected chi connectivity index (χ0v) is 13.1. The van der Waals surface area contributed by atoms with Gasteiger partial charge in [-0.15, -0.1) is 0 Å². The Labute approximate surface area is 131 Å². The standard InChI is InChI=1S/C17H22N4O/c1-18-17(21(2)12-15-8-9-22-20-15)19-16-11-14(16)10-13-6-4-3-5-7-13/h3-9,14,16H,10-12H2,1-2H3,(H,18,19). The van der Waals surface area contributed by atoms with Crippen LogP contribution in [0.2, 0.25) is 0 Å². The van der Waals surface area contributed by atoms with E-state index in [0.29, 0.717) is 18.5 Å². The third-order valence-electron chi connectivity index (χ3n) is 4.04. The van der Waals surface area contributed by atoms with Gasteiger partial charge in [-0.1, -0.05) is 35.5 Å². The lowest BCUT2D eigenvalue weighted by atomic mass is 10.1. The molecule has 1 aromatic heterocycles. The first-order valence-corrected chi connectivity index (χ1v) is 7.64. The SMILES string of the molecule is CN=C(NC1CC1Cc1ccccc1)N(C)Cc1ccon1. The van der Waals surface area contributed by atoms with Crippen LogP contribution in [0, 0.1) is 5.92 Å². The van der Waals surface area contributed by atoms with Crippen molar-refractivity contribution in [3.05, 3.63) is 53.9 Å². The molecule has 0 spiro atoms. The minimum atomic E-state index is 0.513. The maximum absolute atomic E-state index is 4.87. The van der Waals surface area contributed by atoms with Gasteiger partial charge in [-0.05, 0) is 24.3 Å². The van der Waals surface area contributed by atoms with Gasteiger partial charge < -0.3 is 14.7 Å². The van der Waals surface area contributed by atoms with Gasteiger partial charge in [0.05, 0.1) is 6.54 Å². The topological polar surface area (TPSA) is 53.7 Å². The van der Waals surface area contributed by atoms with Crippen molar-refractivity contribution < 1.29 is 4.52 Å². The van der Waals surface area contributed by atoms with E-state index < -0.39 is 0 Å². The van der Waals surface area contributed by atoms with Crippen molar-refractivity contribution in [3.8, 4) is 0 Å². The molecule has 1 aliphatic rings. The first-order valence-electron chi connectivity index (χ1n) is 7.64. The first kappa shape index (κ1) is 14.6. The molecule has 1 N–H and O–H groups in total. The number of hydrogen-bond donors (Lipinski definition) is 1. The molecule has 116 valence electrons. The van der Waals surface area contributed by atoms with Gasteiger partial charge in [0.15, 0.2) is 5.96 Å². The lowest BCUT2D eigenvalue weighted by molar-refractivity contribution is 0.390. The van der Waals surface area contributed by atoms with E-state index in [1.807, 2.05) is 20.2 Å². The molecule has 1 aromatic carbocycles. The molecule has 5 heteroatoms. The fourth-order valence-electron chi connectivity index (χ4n) is 2.72. The highest BCUT2D eigenvalue weighted by Crippen LogP contribution is 2.33. The van der Waals surface area contributed by atoms with Crippen LogP contribution in [-0.4, -0.2) is 36.2 Å². The number of nitrogens with one attached hydrogen (secondary N) is 1. The van der Waals surface area contributed by atoms with Crippen LogP contribution in [0.4, 0.5) is 0 Å². The van der Waals surface area contributed by atoms with Crippen molar-refractivity contribution in [2.24, 2.45) is 10.9 Å². The van der Waals surface area contributed by atoms with Gasteiger partial charge in [-0.2, -0.15) is 0 Å². The average molecular weight is 298 g/mol. The van der Waals surface area contributed by atoms with E-state index >= 15 is 0 Å². The molecule has 1 heterocycles. The van der Waals surface area contributed by atoms with Crippen molar-refractivity contribution in [2.75, 3.05) is 14.1 Å². The summed E-state index contributed by atoms with van der Waals surface area (Å²) in [6.45, 7) is 0.687. The van der Waals surface area contributed by atoms with Crippen LogP contribution in [0.3, 0.4) is 0 Å². The van der Waals surface area contributed by atoms with Gasteiger partial charge in [0, 0.05) is 26.2 Å². The maximum Gasteiger partial charge on any atom is 0.193 e. The van der Waals surface area contributed by atoms with Crippen molar-refractivity contribution >= 4 is 5.96 Å². The van der Waals surface area contributed by atoms with E-state index in [1.54, 1.807) is 6.26 Å². The van der Waals surface area contributed by atoms with Crippen molar-refractivity contribution in [1.29, 1.82) is 0 Å². The number of hydrogen-bond acceptors (Lipinski definition) is 3. The number of benzene rings is 1. The molecule has 0 aliphatic heterocycles. The predicted octanol–water partition coefficient (Wildman–Crippen LogP) is 2.31. The number of aliphatic imine (C=N–C) groups is 1. The highest BCUT2D eigenvalue weighted by Gasteiger charge is 2.37. The molecule has 2 unspecified atom stereocenters. The summed E-state index contributed by atoms with van der Waals surface area (Å²) in [6, 6.07) is 13.0. The molecule has 3 rings (SSSR count). The summed E-state index contributed by atoms with van der Waals surface area (Å²) in [4.78, 5) is 6.43. The first-order chi connectivity index (χ1) is 10.8. The normalized spacial score (nSPS) is 20.7. The van der Waals surface area contributed by atoms with E-state index in [0.717, 1.165) is 18.1 Å². The van der Waals surface area contributed by atoms with Gasteiger partial charge in [0.25, 0.3) is 0 Å². The molecule has 0 bridgehead atoms. The fraction of sp³-hybridized carbons (Fsp3) is 0.412. The Kier molecular flexibility index (Phi) is 4.42. The Bertz CT molecular complexity index is 609. The van der Waals surface area contributed by atoms with Crippen LogP contribution in [0.15, 0.2) is 52.2 Å². The summed E-state index contributed by atoms with van der Waals surface area (Å²) in [7, 11) is 3.83. The molecular weight excluding hydrogens is 276 g/mol. The van der Waals surface area contributed by atoms with Crippen LogP contribution in [0.1, 0.15) is 17.7 Å². The van der Waals surface area contributed by atoms with E-state index in [2.05, 4.69) is 50.7 Å². The van der Waals surface area contributed by atoms with E-state index in [4.69, 9.17) is 4.52 Å². The number of aromatic nitrogens is 1. The Balaban J connectivity index is 1.50. The number of rotatable bonds is 5. The molecule has 22 heavy (non-hydrogen) atoms. The average Bonchev–Trinajstić information content (AvgIpc) is 3.04. The summed E-state index contributed by atoms with van der Waals surface area (Å²) in [5, 5.41) is 7.48. The van der Waals surface area contributed by atoms with Crippen LogP contribution < -0.4 is 5.32 Å². The summed E-state index contributed by atoms with van der Waals surface area (Å²) in [5.41, 5.74) is 2.31. The second kappa shape index (κ2) is 6.64. The fourth-order valence-corrected chi connectivity index (χ4v) is 2.72. The summed E-state index contributed by atoms with van der Waals surface area (Å²) >= 11 is 0. The van der Waals surface area contributed by atoms with Gasteiger partial charge in [-0.3, -0.25) is 4.99 Å². The number of nitrogens with zero attached hydrogens (tertiary/aromatic N) is 3. The molecule has 2 atom stereocenters. The molecule has 0 radical (unpaired) electrons. The minimum Gasteiger partial charge on any atom is -0.364 e. The van der Waals surface area contributed by atoms with Gasteiger partial charge in [0.2, 0.25) is 0 Å². The van der Waals surface area contributed by atoms with Crippen molar-refractivity contribution in [2.45, 2.75) is 25.4 Å². The molecule has 0 amide bonds. The van der Waals surface area contributed by atoms with E-state index in [9.17, 15) is 0 Å². The van der Waals surface area contributed by atoms with Crippen LogP contribution >= 0.6 is 0 Å². The molecule has 5 nitrogen and oxygen atoms in total. The predicted molar refractivity (Wildman–Crippen MR) is 86.5 cm³/mol. The van der Waals surface area contributed by atoms with Gasteiger partial charge in [-0.25, -0.2) is 0 Å². The Hall–Kier alpha value is -2.30. The zero-order chi connectivity index (χ0) is 15.4. The minimum absolute atomic E-state index is 0.513. The van der Waals surface area contributed by atoms with E-state index in [1.165, 1.54) is 12.0 Å². The third-order valence-corrected chi connectivity index (χ3v) is 4.04. The number of guanidine groups is 1. The van der Waals surface area contributed by atoms with E-state index in [-0.39, 0.29) is 0 Å². The molecule has 1 aliphatic carbocycles. The molecule has 2 aromatic rings. The second-order valence-corrected chi connectivity index (χ2v) is 5.83. The Morgan fingerprint density at radius 3 is 2.86 bits per heavy atom. The molecule has 1 saturated carbocycles. The highest BCUT2D eigenvalue weighted by atomic mass is 16.5. The Morgan fingerprint density at radius 2 is 2.18 bits per heavy atom. The second-order valence-electron chi connectivity index (χ2n) is 5.83. The Morgan fingerprint density at radius 1 is 1.36 bits per heavy atom. The lowest BCUT2D eigenvalue weighted by Crippen LogP contribution is -2.40. The summed E-state index contributed by atoms with van der Waals surface area (Å²) < 4.78 is 4.87. The summed E-state index contributed by atoms with van der Waals surface area (Å²) in [6.07, 6.45) is 3.92. The lowest BCUT2D eigenvalue weighted by Gasteiger charge is -2.21. The molecule has 0 saturated heterocycles. The maximum atomic E-state index is 4.87. The molecular formula is C17H22N4O. The summed E-state index contributed by atoms with van der Waals surface area (Å²) in [5.74, 6) is 1.60. The van der Waals surface area contributed by atoms with Gasteiger partial charge in [0.1, 0.15) is 12.0 Å². The highest BCUT2D eigenvalue weighted by molar-refractivity contribution is 5.80. The zero-order valence-electron chi connectivity index (χ0n) is 13.1. The monoisotopic (exact) mass is 298 g/mol.